The van der Waals surface area contributed by atoms with Crippen LogP contribution in [-0.2, 0) is 9.53 Å². The number of furan rings is 1. The van der Waals surface area contributed by atoms with E-state index in [-0.39, 0.29) is 5.76 Å². The lowest BCUT2D eigenvalue weighted by Gasteiger charge is -2.13. The Bertz CT molecular complexity index is 1010. The number of fused-ring (bicyclic) bond motifs is 1. The molecule has 6 nitrogen and oxygen atoms in total. The number of nitriles is 1. The molecule has 1 heterocycles. The summed E-state index contributed by atoms with van der Waals surface area (Å²) in [4.78, 5) is 24.6. The molecule has 0 saturated heterocycles. The van der Waals surface area contributed by atoms with E-state index in [4.69, 9.17) is 14.4 Å². The van der Waals surface area contributed by atoms with Crippen molar-refractivity contribution in [2.45, 2.75) is 20.0 Å². The molecule has 0 saturated carbocycles. The van der Waals surface area contributed by atoms with E-state index >= 15 is 0 Å². The molecule has 0 bridgehead atoms. The van der Waals surface area contributed by atoms with Gasteiger partial charge < -0.3 is 14.5 Å². The van der Waals surface area contributed by atoms with Gasteiger partial charge in [-0.05, 0) is 44.2 Å². The zero-order valence-corrected chi connectivity index (χ0v) is 14.3. The molecule has 0 unspecified atom stereocenters. The third-order valence-electron chi connectivity index (χ3n) is 3.96. The predicted octanol–water partition coefficient (Wildman–Crippen LogP) is 3.80. The highest BCUT2D eigenvalue weighted by atomic mass is 16.6. The van der Waals surface area contributed by atoms with E-state index in [1.165, 1.54) is 6.92 Å². The monoisotopic (exact) mass is 348 g/mol. The molecule has 0 spiro atoms. The Kier molecular flexibility index (Phi) is 4.72. The number of esters is 1. The van der Waals surface area contributed by atoms with E-state index in [1.54, 1.807) is 37.3 Å². The van der Waals surface area contributed by atoms with Crippen molar-refractivity contribution in [3.05, 3.63) is 65.4 Å². The molecule has 3 aromatic rings. The maximum atomic E-state index is 12.4. The van der Waals surface area contributed by atoms with Crippen LogP contribution in [0.1, 0.15) is 28.6 Å². The van der Waals surface area contributed by atoms with E-state index in [0.29, 0.717) is 22.4 Å². The number of rotatable bonds is 4. The highest BCUT2D eigenvalue weighted by molar-refractivity contribution is 5.99. The number of ether oxygens (including phenoxy) is 1. The summed E-state index contributed by atoms with van der Waals surface area (Å²) < 4.78 is 10.8. The first-order chi connectivity index (χ1) is 12.5. The molecule has 0 aliphatic heterocycles. The van der Waals surface area contributed by atoms with Gasteiger partial charge >= 0.3 is 5.97 Å². The van der Waals surface area contributed by atoms with E-state index in [0.717, 1.165) is 5.39 Å². The molecule has 3 rings (SSSR count). The second kappa shape index (κ2) is 7.11. The van der Waals surface area contributed by atoms with Crippen LogP contribution in [0.5, 0.6) is 0 Å². The van der Waals surface area contributed by atoms with Crippen LogP contribution in [0, 0.1) is 18.3 Å². The molecule has 130 valence electrons. The number of aryl methyl sites for hydroxylation is 1. The molecule has 0 aliphatic rings. The number of nitrogens with zero attached hydrogens (tertiary/aromatic N) is 1. The number of benzene rings is 2. The average Bonchev–Trinajstić information content (AvgIpc) is 2.99. The molecule has 1 atom stereocenters. The molecule has 1 N–H and O–H groups in total. The van der Waals surface area contributed by atoms with Crippen molar-refractivity contribution in [2.24, 2.45) is 0 Å². The van der Waals surface area contributed by atoms with Crippen LogP contribution in [0.4, 0.5) is 5.69 Å². The van der Waals surface area contributed by atoms with Crippen molar-refractivity contribution in [1.82, 2.24) is 0 Å². The Morgan fingerprint density at radius 1 is 1.15 bits per heavy atom. The van der Waals surface area contributed by atoms with E-state index < -0.39 is 18.0 Å². The summed E-state index contributed by atoms with van der Waals surface area (Å²) in [5, 5.41) is 12.2. The van der Waals surface area contributed by atoms with Gasteiger partial charge in [0.25, 0.3) is 5.91 Å². The Hall–Kier alpha value is -3.59. The number of hydrogen-bond acceptors (Lipinski definition) is 5. The van der Waals surface area contributed by atoms with Crippen molar-refractivity contribution in [2.75, 3.05) is 5.32 Å². The summed E-state index contributed by atoms with van der Waals surface area (Å²) in [7, 11) is 0. The van der Waals surface area contributed by atoms with Crippen LogP contribution < -0.4 is 5.32 Å². The fourth-order valence-corrected chi connectivity index (χ4v) is 2.51. The fraction of sp³-hybridized carbons (Fsp3) is 0.150. The van der Waals surface area contributed by atoms with Gasteiger partial charge in [-0.2, -0.15) is 5.26 Å². The summed E-state index contributed by atoms with van der Waals surface area (Å²) in [6, 6.07) is 15.7. The second-order valence-electron chi connectivity index (χ2n) is 5.78. The van der Waals surface area contributed by atoms with Gasteiger partial charge in [0.2, 0.25) is 5.76 Å². The third-order valence-corrected chi connectivity index (χ3v) is 3.96. The molecule has 1 aromatic heterocycles. The zero-order chi connectivity index (χ0) is 18.7. The van der Waals surface area contributed by atoms with E-state index in [1.807, 2.05) is 24.3 Å². The Balaban J connectivity index is 1.68. The van der Waals surface area contributed by atoms with E-state index in [9.17, 15) is 9.59 Å². The second-order valence-corrected chi connectivity index (χ2v) is 5.78. The summed E-state index contributed by atoms with van der Waals surface area (Å²) >= 11 is 0. The lowest BCUT2D eigenvalue weighted by Crippen LogP contribution is -2.30. The first-order valence-electron chi connectivity index (χ1n) is 7.99. The van der Waals surface area contributed by atoms with Gasteiger partial charge in [0.1, 0.15) is 5.58 Å². The number of anilines is 1. The Morgan fingerprint density at radius 3 is 2.50 bits per heavy atom. The maximum absolute atomic E-state index is 12.4. The van der Waals surface area contributed by atoms with Gasteiger partial charge in [0.05, 0.1) is 11.6 Å². The topological polar surface area (TPSA) is 92.3 Å². The summed E-state index contributed by atoms with van der Waals surface area (Å²) in [6.07, 6.45) is -1.01. The van der Waals surface area contributed by atoms with Crippen molar-refractivity contribution in [3.63, 3.8) is 0 Å². The minimum atomic E-state index is -1.01. The van der Waals surface area contributed by atoms with Gasteiger partial charge in [-0.3, -0.25) is 4.79 Å². The first kappa shape index (κ1) is 17.2. The normalized spacial score (nSPS) is 11.6. The summed E-state index contributed by atoms with van der Waals surface area (Å²) in [5.41, 5.74) is 2.26. The number of nitrogens with one attached hydrogen (secondary N) is 1. The average molecular weight is 348 g/mol. The van der Waals surface area contributed by atoms with Crippen LogP contribution >= 0.6 is 0 Å². The predicted molar refractivity (Wildman–Crippen MR) is 95.6 cm³/mol. The van der Waals surface area contributed by atoms with Gasteiger partial charge in [-0.15, -0.1) is 0 Å². The molecule has 0 radical (unpaired) electrons. The lowest BCUT2D eigenvalue weighted by atomic mass is 10.1. The zero-order valence-electron chi connectivity index (χ0n) is 14.3. The van der Waals surface area contributed by atoms with E-state index in [2.05, 4.69) is 5.32 Å². The fourth-order valence-electron chi connectivity index (χ4n) is 2.51. The van der Waals surface area contributed by atoms with Gasteiger partial charge in [0.15, 0.2) is 6.10 Å². The maximum Gasteiger partial charge on any atom is 0.375 e. The molecule has 0 aliphatic carbocycles. The highest BCUT2D eigenvalue weighted by Gasteiger charge is 2.24. The van der Waals surface area contributed by atoms with Gasteiger partial charge in [-0.25, -0.2) is 4.79 Å². The number of amides is 1. The minimum absolute atomic E-state index is 0.0872. The van der Waals surface area contributed by atoms with Crippen molar-refractivity contribution in [1.29, 1.82) is 5.26 Å². The number of para-hydroxylation sites is 1. The Labute approximate surface area is 150 Å². The highest BCUT2D eigenvalue weighted by Crippen LogP contribution is 2.25. The molecule has 1 amide bonds. The van der Waals surface area contributed by atoms with Crippen molar-refractivity contribution >= 4 is 28.5 Å². The summed E-state index contributed by atoms with van der Waals surface area (Å²) in [6.45, 7) is 3.25. The smallest absolute Gasteiger partial charge is 0.375 e. The van der Waals surface area contributed by atoms with Crippen molar-refractivity contribution in [3.8, 4) is 6.07 Å². The number of carbonyl (C=O) groups is 2. The lowest BCUT2D eigenvalue weighted by molar-refractivity contribution is -0.123. The first-order valence-corrected chi connectivity index (χ1v) is 7.99. The third kappa shape index (κ3) is 3.42. The summed E-state index contributed by atoms with van der Waals surface area (Å²) in [5.74, 6) is -1.08. The molecule has 26 heavy (non-hydrogen) atoms. The van der Waals surface area contributed by atoms with Crippen LogP contribution in [-0.4, -0.2) is 18.0 Å². The molecule has 2 aromatic carbocycles. The minimum Gasteiger partial charge on any atom is -0.449 e. The van der Waals surface area contributed by atoms with Crippen LogP contribution in [0.25, 0.3) is 11.0 Å². The largest absolute Gasteiger partial charge is 0.449 e. The van der Waals surface area contributed by atoms with Crippen LogP contribution in [0.15, 0.2) is 52.9 Å². The van der Waals surface area contributed by atoms with Gasteiger partial charge in [0, 0.05) is 16.6 Å². The van der Waals surface area contributed by atoms with Crippen LogP contribution in [0.2, 0.25) is 0 Å². The SMILES string of the molecule is Cc1c(C(=O)O[C@H](C)C(=O)Nc2ccc(C#N)cc2)oc2ccccc12. The van der Waals surface area contributed by atoms with Crippen molar-refractivity contribution < 1.29 is 18.7 Å². The molecule has 0 fully saturated rings. The quantitative estimate of drug-likeness (QED) is 0.724. The van der Waals surface area contributed by atoms with Gasteiger partial charge in [-0.1, -0.05) is 18.2 Å². The molecular formula is C20H16N2O4. The molecule has 6 heteroatoms. The van der Waals surface area contributed by atoms with Crippen LogP contribution in [0.3, 0.4) is 0 Å². The standard InChI is InChI=1S/C20H16N2O4/c1-12-16-5-3-4-6-17(16)26-18(12)20(24)25-13(2)19(23)22-15-9-7-14(11-21)8-10-15/h3-10,13H,1-2H3,(H,22,23)/t13-/m1/s1. The number of carbonyl (C=O) groups excluding carboxylic acids is 2. The Morgan fingerprint density at radius 2 is 1.85 bits per heavy atom. The number of hydrogen-bond donors (Lipinski definition) is 1. The molecular weight excluding hydrogens is 332 g/mol.